The van der Waals surface area contributed by atoms with Gasteiger partial charge in [-0.2, -0.15) is 5.10 Å². The fourth-order valence-corrected chi connectivity index (χ4v) is 3.52. The van der Waals surface area contributed by atoms with E-state index < -0.39 is 0 Å². The van der Waals surface area contributed by atoms with E-state index in [0.29, 0.717) is 22.5 Å². The van der Waals surface area contributed by atoms with E-state index in [2.05, 4.69) is 38.3 Å². The molecule has 0 unspecified atom stereocenters. The van der Waals surface area contributed by atoms with E-state index in [1.54, 1.807) is 6.21 Å². The minimum Gasteiger partial charge on any atom is -0.488 e. The summed E-state index contributed by atoms with van der Waals surface area (Å²) in [5, 5.41) is 9.30. The lowest BCUT2D eigenvalue weighted by molar-refractivity contribution is 0.306. The zero-order valence-corrected chi connectivity index (χ0v) is 18.6. The molecule has 0 fully saturated rings. The van der Waals surface area contributed by atoms with Crippen molar-refractivity contribution in [2.24, 2.45) is 15.9 Å². The minimum atomic E-state index is 0.406. The van der Waals surface area contributed by atoms with Crippen LogP contribution in [0.4, 0.5) is 0 Å². The van der Waals surface area contributed by atoms with Gasteiger partial charge in [-0.3, -0.25) is 0 Å². The molecule has 0 amide bonds. The zero-order valence-electron chi connectivity index (χ0n) is 15.5. The lowest BCUT2D eigenvalue weighted by atomic mass is 10.2. The summed E-state index contributed by atoms with van der Waals surface area (Å²) in [5.41, 5.74) is 8.96. The van der Waals surface area contributed by atoms with E-state index >= 15 is 0 Å². The molecule has 0 aromatic heterocycles. The quantitative estimate of drug-likeness (QED) is 0.242. The normalized spacial score (nSPS) is 11.7. The highest BCUT2D eigenvalue weighted by atomic mass is 79.9. The van der Waals surface area contributed by atoms with E-state index in [-0.39, 0.29) is 0 Å². The predicted molar refractivity (Wildman–Crippen MR) is 127 cm³/mol. The fourth-order valence-electron chi connectivity index (χ4n) is 2.40. The molecule has 4 nitrogen and oxygen atoms in total. The van der Waals surface area contributed by atoms with Crippen molar-refractivity contribution in [1.29, 1.82) is 0 Å². The number of hydrogen-bond acceptors (Lipinski definition) is 4. The lowest BCUT2D eigenvalue weighted by Crippen LogP contribution is -2.06. The Hall–Kier alpha value is -2.28. The molecule has 0 aliphatic carbocycles. The molecule has 0 aliphatic rings. The summed E-state index contributed by atoms with van der Waals surface area (Å²) in [5.74, 6) is 1.45. The first-order valence-corrected chi connectivity index (χ1v) is 11.0. The average Bonchev–Trinajstić information content (AvgIpc) is 2.73. The van der Waals surface area contributed by atoms with Gasteiger partial charge in [0.05, 0.1) is 6.21 Å². The predicted octanol–water partition coefficient (Wildman–Crippen LogP) is 6.26. The van der Waals surface area contributed by atoms with Crippen molar-refractivity contribution < 1.29 is 4.74 Å². The Morgan fingerprint density at radius 1 is 1.03 bits per heavy atom. The van der Waals surface area contributed by atoms with Crippen LogP contribution in [0.15, 0.2) is 87.5 Å². The second-order valence-corrected chi connectivity index (χ2v) is 8.40. The van der Waals surface area contributed by atoms with E-state index in [9.17, 15) is 0 Å². The molecule has 0 spiro atoms. The molecule has 0 heterocycles. The smallest absolute Gasteiger partial charge is 0.180 e. The van der Waals surface area contributed by atoms with Crippen LogP contribution < -0.4 is 10.5 Å². The second-order valence-electron chi connectivity index (χ2n) is 6.05. The largest absolute Gasteiger partial charge is 0.488 e. The van der Waals surface area contributed by atoms with Crippen molar-refractivity contribution in [2.75, 3.05) is 0 Å². The third kappa shape index (κ3) is 7.24. The first kappa shape index (κ1) is 21.4. The van der Waals surface area contributed by atoms with Gasteiger partial charge in [-0.25, -0.2) is 0 Å². The third-order valence-electron chi connectivity index (χ3n) is 3.86. The number of ether oxygens (including phenoxy) is 1. The van der Waals surface area contributed by atoms with Gasteiger partial charge in [-0.15, -0.1) is 5.10 Å². The Morgan fingerprint density at radius 3 is 2.55 bits per heavy atom. The molecule has 0 radical (unpaired) electrons. The van der Waals surface area contributed by atoms with Crippen molar-refractivity contribution in [3.05, 3.63) is 99.0 Å². The van der Waals surface area contributed by atoms with Crippen LogP contribution in [-0.4, -0.2) is 11.4 Å². The number of nitrogens with zero attached hydrogens (tertiary/aromatic N) is 2. The summed E-state index contributed by atoms with van der Waals surface area (Å²) in [6, 6.07) is 23.4. The molecule has 3 aromatic carbocycles. The monoisotopic (exact) mass is 487 g/mol. The summed E-state index contributed by atoms with van der Waals surface area (Å²) in [7, 11) is 0. The standard InChI is InChI=1S/C22H19BrClN3OS/c23-19-8-11-21(28-14-16-6-9-20(24)10-7-16)18(12-19)13-26-27-22(25)29-15-17-4-2-1-3-5-17/h1-13H,14-15H2,(H2,25,27). The Labute approximate surface area is 188 Å². The van der Waals surface area contributed by atoms with Crippen molar-refractivity contribution >= 4 is 50.7 Å². The van der Waals surface area contributed by atoms with E-state index in [0.717, 1.165) is 21.4 Å². The maximum absolute atomic E-state index is 5.95. The fraction of sp³-hybridized carbons (Fsp3) is 0.0909. The van der Waals surface area contributed by atoms with Gasteiger partial charge in [0.1, 0.15) is 12.4 Å². The topological polar surface area (TPSA) is 60.0 Å². The molecule has 0 saturated carbocycles. The molecule has 0 atom stereocenters. The number of rotatable bonds is 7. The van der Waals surface area contributed by atoms with Gasteiger partial charge >= 0.3 is 0 Å². The highest BCUT2D eigenvalue weighted by Gasteiger charge is 2.04. The number of hydrogen-bond donors (Lipinski definition) is 1. The maximum atomic E-state index is 5.95. The SMILES string of the molecule is NC(=NN=Cc1cc(Br)ccc1OCc1ccc(Cl)cc1)SCc1ccccc1. The van der Waals surface area contributed by atoms with Crippen LogP contribution in [-0.2, 0) is 12.4 Å². The first-order valence-electron chi connectivity index (χ1n) is 8.80. The minimum absolute atomic E-state index is 0.406. The second kappa shape index (κ2) is 11.0. The summed E-state index contributed by atoms with van der Waals surface area (Å²) in [6.45, 7) is 0.429. The van der Waals surface area contributed by atoms with Gasteiger partial charge in [0, 0.05) is 20.8 Å². The number of halogens is 2. The van der Waals surface area contributed by atoms with Crippen LogP contribution in [0, 0.1) is 0 Å². The Balaban J connectivity index is 1.62. The van der Waals surface area contributed by atoms with Crippen LogP contribution >= 0.6 is 39.3 Å². The van der Waals surface area contributed by atoms with Gasteiger partial charge in [0.15, 0.2) is 5.17 Å². The Bertz CT molecular complexity index is 995. The van der Waals surface area contributed by atoms with Gasteiger partial charge in [0.2, 0.25) is 0 Å². The number of thioether (sulfide) groups is 1. The number of nitrogens with two attached hydrogens (primary N) is 1. The number of amidine groups is 1. The van der Waals surface area contributed by atoms with Crippen LogP contribution in [0.5, 0.6) is 5.75 Å². The molecule has 7 heteroatoms. The first-order chi connectivity index (χ1) is 14.1. The molecule has 3 aromatic rings. The number of benzene rings is 3. The molecule has 0 bridgehead atoms. The highest BCUT2D eigenvalue weighted by Crippen LogP contribution is 2.23. The molecular weight excluding hydrogens is 470 g/mol. The molecule has 2 N–H and O–H groups in total. The lowest BCUT2D eigenvalue weighted by Gasteiger charge is -2.09. The summed E-state index contributed by atoms with van der Waals surface area (Å²) < 4.78 is 6.87. The Morgan fingerprint density at radius 2 is 1.79 bits per heavy atom. The molecular formula is C22H19BrClN3OS. The van der Waals surface area contributed by atoms with Gasteiger partial charge in [0.25, 0.3) is 0 Å². The van der Waals surface area contributed by atoms with E-state index in [1.807, 2.05) is 60.7 Å². The zero-order chi connectivity index (χ0) is 20.5. The van der Waals surface area contributed by atoms with Gasteiger partial charge in [-0.05, 0) is 41.5 Å². The van der Waals surface area contributed by atoms with Crippen molar-refractivity contribution in [1.82, 2.24) is 0 Å². The Kier molecular flexibility index (Phi) is 8.16. The van der Waals surface area contributed by atoms with Crippen LogP contribution in [0.1, 0.15) is 16.7 Å². The van der Waals surface area contributed by atoms with Gasteiger partial charge in [-0.1, -0.05) is 81.8 Å². The van der Waals surface area contributed by atoms with E-state index in [1.165, 1.54) is 17.3 Å². The van der Waals surface area contributed by atoms with Crippen molar-refractivity contribution in [3.63, 3.8) is 0 Å². The van der Waals surface area contributed by atoms with Crippen LogP contribution in [0.3, 0.4) is 0 Å². The average molecular weight is 489 g/mol. The summed E-state index contributed by atoms with van der Waals surface area (Å²) in [6.07, 6.45) is 1.64. The molecule has 0 aliphatic heterocycles. The van der Waals surface area contributed by atoms with Crippen LogP contribution in [0.25, 0.3) is 0 Å². The van der Waals surface area contributed by atoms with Gasteiger partial charge < -0.3 is 10.5 Å². The van der Waals surface area contributed by atoms with Crippen LogP contribution in [0.2, 0.25) is 5.02 Å². The van der Waals surface area contributed by atoms with Crippen molar-refractivity contribution in [3.8, 4) is 5.75 Å². The highest BCUT2D eigenvalue weighted by molar-refractivity contribution is 9.10. The molecule has 29 heavy (non-hydrogen) atoms. The maximum Gasteiger partial charge on any atom is 0.180 e. The summed E-state index contributed by atoms with van der Waals surface area (Å²) in [4.78, 5) is 0. The van der Waals surface area contributed by atoms with Crippen molar-refractivity contribution in [2.45, 2.75) is 12.4 Å². The molecule has 3 rings (SSSR count). The summed E-state index contributed by atoms with van der Waals surface area (Å²) >= 11 is 10.8. The van der Waals surface area contributed by atoms with E-state index in [4.69, 9.17) is 22.1 Å². The molecule has 148 valence electrons. The molecule has 0 saturated heterocycles. The third-order valence-corrected chi connectivity index (χ3v) is 5.46.